The molecule has 2 rings (SSSR count). The fraction of sp³-hybridized carbons (Fsp3) is 0.524. The van der Waals surface area contributed by atoms with Gasteiger partial charge in [-0.25, -0.2) is 15.5 Å². The van der Waals surface area contributed by atoms with Gasteiger partial charge in [0.1, 0.15) is 5.75 Å². The Balaban J connectivity index is 2.09. The Kier molecular flexibility index (Phi) is 8.98. The van der Waals surface area contributed by atoms with Crippen LogP contribution in [0.4, 0.5) is 18.0 Å². The number of alkyl halides is 3. The van der Waals surface area contributed by atoms with E-state index in [-0.39, 0.29) is 24.5 Å². The maximum absolute atomic E-state index is 13.6. The van der Waals surface area contributed by atoms with Gasteiger partial charge in [0.15, 0.2) is 0 Å². The molecule has 1 aliphatic rings. The predicted octanol–water partition coefficient (Wildman–Crippen LogP) is 4.67. The molecule has 1 aliphatic heterocycles. The van der Waals surface area contributed by atoms with Gasteiger partial charge >= 0.3 is 18.3 Å². The van der Waals surface area contributed by atoms with E-state index < -0.39 is 42.2 Å². The molecule has 2 N–H and O–H groups in total. The highest BCUT2D eigenvalue weighted by molar-refractivity contribution is 6.31. The second kappa shape index (κ2) is 11.1. The molecule has 0 saturated heterocycles. The first kappa shape index (κ1) is 26.7. The van der Waals surface area contributed by atoms with Crippen LogP contribution in [0.2, 0.25) is 5.02 Å². The molecular weight excluding hydrogens is 471 g/mol. The SMILES string of the molecule is CC(C)(C)c1cc2c(cc1Cl)C=C(C(=O)OCOC(=O)OCCCCON)C(C(F)(F)F)O2. The molecule has 8 nitrogen and oxygen atoms in total. The van der Waals surface area contributed by atoms with Gasteiger partial charge in [-0.15, -0.1) is 0 Å². The van der Waals surface area contributed by atoms with E-state index in [0.717, 1.165) is 6.08 Å². The van der Waals surface area contributed by atoms with E-state index in [1.54, 1.807) is 0 Å². The summed E-state index contributed by atoms with van der Waals surface area (Å²) in [6.45, 7) is 4.88. The number of hydrogen-bond acceptors (Lipinski definition) is 8. The van der Waals surface area contributed by atoms with E-state index in [4.69, 9.17) is 27.0 Å². The van der Waals surface area contributed by atoms with Crippen LogP contribution in [-0.2, 0) is 29.3 Å². The van der Waals surface area contributed by atoms with Crippen molar-refractivity contribution in [2.75, 3.05) is 20.0 Å². The van der Waals surface area contributed by atoms with Gasteiger partial charge in [-0.3, -0.25) is 0 Å². The molecule has 184 valence electrons. The lowest BCUT2D eigenvalue weighted by Crippen LogP contribution is -2.41. The molecule has 0 fully saturated rings. The number of carbonyl (C=O) groups is 2. The molecule has 12 heteroatoms. The Morgan fingerprint density at radius 2 is 1.76 bits per heavy atom. The predicted molar refractivity (Wildman–Crippen MR) is 111 cm³/mol. The van der Waals surface area contributed by atoms with Gasteiger partial charge in [-0.2, -0.15) is 13.2 Å². The van der Waals surface area contributed by atoms with E-state index in [0.29, 0.717) is 23.4 Å². The van der Waals surface area contributed by atoms with Crippen molar-refractivity contribution in [1.82, 2.24) is 0 Å². The van der Waals surface area contributed by atoms with Crippen molar-refractivity contribution in [3.05, 3.63) is 33.9 Å². The molecule has 33 heavy (non-hydrogen) atoms. The van der Waals surface area contributed by atoms with Crippen molar-refractivity contribution in [2.24, 2.45) is 5.90 Å². The summed E-state index contributed by atoms with van der Waals surface area (Å²) in [5, 5.41) is 0.309. The molecular formula is C21H25ClF3NO7. The fourth-order valence-corrected chi connectivity index (χ4v) is 3.36. The molecule has 1 unspecified atom stereocenters. The van der Waals surface area contributed by atoms with Crippen LogP contribution < -0.4 is 10.6 Å². The van der Waals surface area contributed by atoms with E-state index >= 15 is 0 Å². The Morgan fingerprint density at radius 1 is 1.09 bits per heavy atom. The van der Waals surface area contributed by atoms with E-state index in [2.05, 4.69) is 14.3 Å². The quantitative estimate of drug-likeness (QED) is 0.240. The zero-order valence-corrected chi connectivity index (χ0v) is 19.0. The monoisotopic (exact) mass is 495 g/mol. The fourth-order valence-electron chi connectivity index (χ4n) is 2.90. The first-order valence-corrected chi connectivity index (χ1v) is 10.3. The number of hydrogen-bond donors (Lipinski definition) is 1. The smallest absolute Gasteiger partial charge is 0.475 e. The summed E-state index contributed by atoms with van der Waals surface area (Å²) in [5.41, 5.74) is -0.489. The molecule has 0 saturated carbocycles. The third-order valence-corrected chi connectivity index (χ3v) is 4.83. The van der Waals surface area contributed by atoms with Crippen molar-refractivity contribution >= 4 is 29.8 Å². The van der Waals surface area contributed by atoms with Crippen molar-refractivity contribution in [3.63, 3.8) is 0 Å². The molecule has 0 aromatic heterocycles. The minimum absolute atomic E-state index is 0.000617. The second-order valence-electron chi connectivity index (χ2n) is 8.13. The molecule has 0 bridgehead atoms. The third kappa shape index (κ3) is 7.51. The molecule has 0 amide bonds. The lowest BCUT2D eigenvalue weighted by molar-refractivity contribution is -0.189. The number of carbonyl (C=O) groups excluding carboxylic acids is 2. The Labute approximate surface area is 193 Å². The molecule has 1 aromatic rings. The Morgan fingerprint density at radius 3 is 2.36 bits per heavy atom. The van der Waals surface area contributed by atoms with Gasteiger partial charge in [0, 0.05) is 10.6 Å². The Hall–Kier alpha value is -2.50. The Bertz CT molecular complexity index is 897. The zero-order chi connectivity index (χ0) is 24.8. The minimum atomic E-state index is -4.91. The van der Waals surface area contributed by atoms with Crippen LogP contribution in [0.3, 0.4) is 0 Å². The largest absolute Gasteiger partial charge is 0.511 e. The minimum Gasteiger partial charge on any atom is -0.475 e. The van der Waals surface area contributed by atoms with Crippen LogP contribution in [0.25, 0.3) is 6.08 Å². The third-order valence-electron chi connectivity index (χ3n) is 4.52. The van der Waals surface area contributed by atoms with Gasteiger partial charge in [0.2, 0.25) is 12.9 Å². The normalized spacial score (nSPS) is 15.8. The van der Waals surface area contributed by atoms with Gasteiger partial charge in [0.05, 0.1) is 18.8 Å². The first-order valence-electron chi connectivity index (χ1n) is 9.92. The summed E-state index contributed by atoms with van der Waals surface area (Å²) >= 11 is 6.28. The second-order valence-corrected chi connectivity index (χ2v) is 8.54. The topological polar surface area (TPSA) is 106 Å². The van der Waals surface area contributed by atoms with Crippen LogP contribution in [0.5, 0.6) is 5.75 Å². The average Bonchev–Trinajstić information content (AvgIpc) is 2.70. The lowest BCUT2D eigenvalue weighted by Gasteiger charge is -2.30. The highest BCUT2D eigenvalue weighted by Crippen LogP contribution is 2.42. The number of halogens is 4. The van der Waals surface area contributed by atoms with Crippen LogP contribution in [-0.4, -0.2) is 44.4 Å². The van der Waals surface area contributed by atoms with Crippen molar-refractivity contribution in [3.8, 4) is 5.75 Å². The first-order chi connectivity index (χ1) is 15.3. The van der Waals surface area contributed by atoms with E-state index in [1.165, 1.54) is 12.1 Å². The lowest BCUT2D eigenvalue weighted by atomic mass is 9.85. The van der Waals surface area contributed by atoms with Crippen LogP contribution in [0.15, 0.2) is 17.7 Å². The molecule has 0 aliphatic carbocycles. The van der Waals surface area contributed by atoms with Gasteiger partial charge < -0.3 is 23.8 Å². The maximum Gasteiger partial charge on any atom is 0.511 e. The standard InChI is InChI=1S/C21H25ClF3NO7/c1-20(2,3)14-10-16-12(9-15(14)22)8-13(17(33-16)21(23,24)25)18(27)30-11-31-19(28)29-6-4-5-7-32-26/h8-10,17H,4-7,11,26H2,1-3H3. The van der Waals surface area contributed by atoms with Gasteiger partial charge in [-0.1, -0.05) is 32.4 Å². The van der Waals surface area contributed by atoms with E-state index in [9.17, 15) is 22.8 Å². The van der Waals surface area contributed by atoms with Crippen LogP contribution in [0.1, 0.15) is 44.7 Å². The summed E-state index contributed by atoms with van der Waals surface area (Å²) in [6, 6.07) is 2.84. The molecule has 0 radical (unpaired) electrons. The number of ether oxygens (including phenoxy) is 4. The average molecular weight is 496 g/mol. The summed E-state index contributed by atoms with van der Waals surface area (Å²) in [5.74, 6) is 3.41. The number of rotatable bonds is 8. The summed E-state index contributed by atoms with van der Waals surface area (Å²) in [4.78, 5) is 28.1. The molecule has 1 atom stereocenters. The maximum atomic E-state index is 13.6. The highest BCUT2D eigenvalue weighted by Gasteiger charge is 2.49. The summed E-state index contributed by atoms with van der Waals surface area (Å²) in [6.07, 6.45) is -6.64. The number of nitrogens with two attached hydrogens (primary N) is 1. The summed E-state index contributed by atoms with van der Waals surface area (Å²) < 4.78 is 59.9. The number of esters is 1. The number of unbranched alkanes of at least 4 members (excludes halogenated alkanes) is 1. The van der Waals surface area contributed by atoms with Crippen molar-refractivity contribution < 1.29 is 46.5 Å². The van der Waals surface area contributed by atoms with Crippen LogP contribution >= 0.6 is 11.6 Å². The van der Waals surface area contributed by atoms with E-state index in [1.807, 2.05) is 20.8 Å². The molecule has 0 spiro atoms. The van der Waals surface area contributed by atoms with Crippen molar-refractivity contribution in [1.29, 1.82) is 0 Å². The highest BCUT2D eigenvalue weighted by atomic mass is 35.5. The molecule has 1 heterocycles. The van der Waals surface area contributed by atoms with Crippen LogP contribution in [0, 0.1) is 0 Å². The van der Waals surface area contributed by atoms with Gasteiger partial charge in [-0.05, 0) is 42.0 Å². The van der Waals surface area contributed by atoms with Crippen molar-refractivity contribution in [2.45, 2.75) is 51.3 Å². The zero-order valence-electron chi connectivity index (χ0n) is 18.3. The number of benzene rings is 1. The molecule has 1 aromatic carbocycles. The number of fused-ring (bicyclic) bond motifs is 1. The van der Waals surface area contributed by atoms with Gasteiger partial charge in [0.25, 0.3) is 0 Å². The summed E-state index contributed by atoms with van der Waals surface area (Å²) in [7, 11) is 0.